The van der Waals surface area contributed by atoms with E-state index in [1.165, 1.54) is 0 Å². The number of hydrogen-bond donors (Lipinski definition) is 3. The van der Waals surface area contributed by atoms with E-state index in [0.29, 0.717) is 17.9 Å². The van der Waals surface area contributed by atoms with Crippen LogP contribution in [0, 0.1) is 6.92 Å². The molecule has 1 heterocycles. The Morgan fingerprint density at radius 2 is 1.75 bits per heavy atom. The molecule has 3 amide bonds. The van der Waals surface area contributed by atoms with Gasteiger partial charge in [-0.2, -0.15) is 5.10 Å². The molecule has 0 aliphatic carbocycles. The molecule has 2 aromatic carbocycles. The molecular formula is C20H20BrN5O2. The second-order valence-electron chi connectivity index (χ2n) is 6.31. The fraction of sp³-hybridized carbons (Fsp3) is 0.150. The van der Waals surface area contributed by atoms with Gasteiger partial charge in [0.15, 0.2) is 0 Å². The Hall–Kier alpha value is -3.13. The number of urea groups is 1. The minimum Gasteiger partial charge on any atom is -0.352 e. The van der Waals surface area contributed by atoms with Gasteiger partial charge in [0, 0.05) is 29.2 Å². The quantitative estimate of drug-likeness (QED) is 0.563. The summed E-state index contributed by atoms with van der Waals surface area (Å²) in [5, 5.41) is 9.92. The molecule has 0 spiro atoms. The van der Waals surface area contributed by atoms with Gasteiger partial charge in [0.05, 0.1) is 5.69 Å². The van der Waals surface area contributed by atoms with Crippen LogP contribution in [0.5, 0.6) is 0 Å². The number of hydrogen-bond acceptors (Lipinski definition) is 3. The maximum absolute atomic E-state index is 12.7. The van der Waals surface area contributed by atoms with E-state index in [9.17, 15) is 9.59 Å². The van der Waals surface area contributed by atoms with Crippen LogP contribution in [0.1, 0.15) is 21.6 Å². The Balaban J connectivity index is 1.82. The van der Waals surface area contributed by atoms with Gasteiger partial charge in [-0.15, -0.1) is 0 Å². The van der Waals surface area contributed by atoms with Crippen molar-refractivity contribution in [2.45, 2.75) is 13.5 Å². The molecule has 7 nitrogen and oxygen atoms in total. The van der Waals surface area contributed by atoms with Crippen LogP contribution in [-0.4, -0.2) is 21.7 Å². The zero-order valence-corrected chi connectivity index (χ0v) is 17.1. The summed E-state index contributed by atoms with van der Waals surface area (Å²) in [5.41, 5.74) is 9.09. The Labute approximate surface area is 171 Å². The first-order valence-corrected chi connectivity index (χ1v) is 9.37. The third kappa shape index (κ3) is 4.40. The number of rotatable bonds is 5. The first-order chi connectivity index (χ1) is 13.3. The van der Waals surface area contributed by atoms with Gasteiger partial charge in [0.25, 0.3) is 5.91 Å². The third-order valence-electron chi connectivity index (χ3n) is 4.27. The van der Waals surface area contributed by atoms with E-state index >= 15 is 0 Å². The van der Waals surface area contributed by atoms with Crippen molar-refractivity contribution < 1.29 is 9.59 Å². The number of carbonyl (C=O) groups is 2. The largest absolute Gasteiger partial charge is 0.352 e. The number of nitrogens with two attached hydrogens (primary N) is 1. The third-order valence-corrected chi connectivity index (χ3v) is 4.80. The van der Waals surface area contributed by atoms with Crippen LogP contribution in [-0.2, 0) is 13.6 Å². The average molecular weight is 442 g/mol. The fourth-order valence-corrected chi connectivity index (χ4v) is 3.17. The highest BCUT2D eigenvalue weighted by molar-refractivity contribution is 9.10. The predicted octanol–water partition coefficient (Wildman–Crippen LogP) is 3.58. The molecule has 0 aliphatic heterocycles. The number of aromatic nitrogens is 2. The highest BCUT2D eigenvalue weighted by Gasteiger charge is 2.18. The van der Waals surface area contributed by atoms with E-state index in [0.717, 1.165) is 26.9 Å². The molecule has 8 heteroatoms. The van der Waals surface area contributed by atoms with Gasteiger partial charge in [-0.3, -0.25) is 9.48 Å². The lowest BCUT2D eigenvalue weighted by Gasteiger charge is -2.10. The maximum atomic E-state index is 12.7. The van der Waals surface area contributed by atoms with Crippen molar-refractivity contribution in [3.05, 3.63) is 69.8 Å². The summed E-state index contributed by atoms with van der Waals surface area (Å²) in [5.74, 6) is 0.389. The molecule has 4 N–H and O–H groups in total. The molecule has 0 atom stereocenters. The summed E-state index contributed by atoms with van der Waals surface area (Å²) in [6.07, 6.45) is 0. The van der Waals surface area contributed by atoms with E-state index in [4.69, 9.17) is 5.73 Å². The Kier molecular flexibility index (Phi) is 5.79. The fourth-order valence-electron chi connectivity index (χ4n) is 2.91. The predicted molar refractivity (Wildman–Crippen MR) is 112 cm³/mol. The Morgan fingerprint density at radius 1 is 1.11 bits per heavy atom. The van der Waals surface area contributed by atoms with Crippen LogP contribution < -0.4 is 16.4 Å². The van der Waals surface area contributed by atoms with Crippen molar-refractivity contribution in [2.24, 2.45) is 12.8 Å². The van der Waals surface area contributed by atoms with Gasteiger partial charge in [-0.25, -0.2) is 4.79 Å². The number of amides is 3. The lowest BCUT2D eigenvalue weighted by atomic mass is 10.1. The summed E-state index contributed by atoms with van der Waals surface area (Å²) < 4.78 is 2.64. The molecule has 0 bridgehead atoms. The molecule has 0 saturated carbocycles. The van der Waals surface area contributed by atoms with E-state index in [1.54, 1.807) is 36.0 Å². The first-order valence-electron chi connectivity index (χ1n) is 8.58. The average Bonchev–Trinajstić information content (AvgIpc) is 2.94. The second-order valence-corrected chi connectivity index (χ2v) is 7.22. The van der Waals surface area contributed by atoms with Gasteiger partial charge < -0.3 is 16.4 Å². The Bertz CT molecular complexity index is 1010. The number of nitrogens with one attached hydrogen (secondary N) is 2. The molecule has 144 valence electrons. The topological polar surface area (TPSA) is 102 Å². The lowest BCUT2D eigenvalue weighted by molar-refractivity contribution is 0.102. The number of primary amides is 1. The van der Waals surface area contributed by atoms with Crippen LogP contribution >= 0.6 is 15.9 Å². The van der Waals surface area contributed by atoms with Crippen LogP contribution in [0.2, 0.25) is 0 Å². The van der Waals surface area contributed by atoms with E-state index < -0.39 is 6.03 Å². The molecule has 0 radical (unpaired) electrons. The number of aryl methyl sites for hydroxylation is 2. The number of nitrogens with zero attached hydrogens (tertiary/aromatic N) is 2. The Morgan fingerprint density at radius 3 is 2.36 bits per heavy atom. The smallest absolute Gasteiger partial charge is 0.312 e. The van der Waals surface area contributed by atoms with Crippen molar-refractivity contribution in [1.82, 2.24) is 15.1 Å². The second kappa shape index (κ2) is 8.26. The van der Waals surface area contributed by atoms with Crippen molar-refractivity contribution in [3.8, 4) is 11.1 Å². The highest BCUT2D eigenvalue weighted by atomic mass is 79.9. The lowest BCUT2D eigenvalue weighted by Crippen LogP contribution is -2.28. The minimum atomic E-state index is -0.589. The SMILES string of the molecule is Cc1nn(C)c(NC(=O)c2ccc(CNC(N)=O)cc2)c1-c1ccc(Br)cc1. The maximum Gasteiger partial charge on any atom is 0.312 e. The standard InChI is InChI=1S/C20H20BrN5O2/c1-12-17(14-7-9-16(21)10-8-14)18(26(2)25-12)24-19(27)15-5-3-13(4-6-15)11-23-20(22)28/h3-10H,11H2,1-2H3,(H,24,27)(H3,22,23,28). The summed E-state index contributed by atoms with van der Waals surface area (Å²) in [7, 11) is 1.80. The van der Waals surface area contributed by atoms with E-state index in [-0.39, 0.29) is 5.91 Å². The number of benzene rings is 2. The molecule has 0 aliphatic rings. The first kappa shape index (κ1) is 19.6. The van der Waals surface area contributed by atoms with Crippen LogP contribution in [0.25, 0.3) is 11.1 Å². The molecule has 1 aromatic heterocycles. The molecule has 0 unspecified atom stereocenters. The number of halogens is 1. The summed E-state index contributed by atoms with van der Waals surface area (Å²) in [6.45, 7) is 2.22. The van der Waals surface area contributed by atoms with Crippen molar-refractivity contribution in [1.29, 1.82) is 0 Å². The van der Waals surface area contributed by atoms with Gasteiger partial charge >= 0.3 is 6.03 Å². The molecular weight excluding hydrogens is 422 g/mol. The van der Waals surface area contributed by atoms with E-state index in [2.05, 4.69) is 31.7 Å². The number of anilines is 1. The van der Waals surface area contributed by atoms with Crippen LogP contribution in [0.4, 0.5) is 10.6 Å². The molecule has 3 aromatic rings. The minimum absolute atomic E-state index is 0.240. The molecule has 3 rings (SSSR count). The van der Waals surface area contributed by atoms with Gasteiger partial charge in [0.2, 0.25) is 0 Å². The molecule has 0 fully saturated rings. The van der Waals surface area contributed by atoms with Gasteiger partial charge in [-0.05, 0) is 42.3 Å². The summed E-state index contributed by atoms with van der Waals surface area (Å²) in [6, 6.07) is 14.2. The van der Waals surface area contributed by atoms with Crippen molar-refractivity contribution in [3.63, 3.8) is 0 Å². The zero-order chi connectivity index (χ0) is 20.3. The monoisotopic (exact) mass is 441 g/mol. The summed E-state index contributed by atoms with van der Waals surface area (Å²) in [4.78, 5) is 23.5. The van der Waals surface area contributed by atoms with Crippen LogP contribution in [0.3, 0.4) is 0 Å². The van der Waals surface area contributed by atoms with Gasteiger partial charge in [0.1, 0.15) is 5.82 Å². The highest BCUT2D eigenvalue weighted by Crippen LogP contribution is 2.32. The zero-order valence-electron chi connectivity index (χ0n) is 15.5. The van der Waals surface area contributed by atoms with Crippen molar-refractivity contribution >= 4 is 33.7 Å². The van der Waals surface area contributed by atoms with E-state index in [1.807, 2.05) is 31.2 Å². The molecule has 0 saturated heterocycles. The van der Waals surface area contributed by atoms with Crippen LogP contribution in [0.15, 0.2) is 53.0 Å². The molecule has 28 heavy (non-hydrogen) atoms. The summed E-state index contributed by atoms with van der Waals surface area (Å²) >= 11 is 3.44. The van der Waals surface area contributed by atoms with Gasteiger partial charge in [-0.1, -0.05) is 40.2 Å². The normalized spacial score (nSPS) is 10.5. The van der Waals surface area contributed by atoms with Crippen molar-refractivity contribution in [2.75, 3.05) is 5.32 Å². The number of carbonyl (C=O) groups excluding carboxylic acids is 2.